The number of thiazole rings is 1. The maximum Gasteiger partial charge on any atom is 0.339 e. The first-order chi connectivity index (χ1) is 14.1. The number of esters is 1. The molecule has 0 saturated carbocycles. The van der Waals surface area contributed by atoms with Crippen LogP contribution in [0.3, 0.4) is 0 Å². The molecular formula is C20H21N3O5S2. The van der Waals surface area contributed by atoms with Gasteiger partial charge >= 0.3 is 5.97 Å². The summed E-state index contributed by atoms with van der Waals surface area (Å²) in [6, 6.07) is 11.6. The standard InChI is InChI=1S/C20H21N3O5S2/c1-12-8-9-14(30(21,26)27)10-15(12)20(25)28-13(2)19(24)23(3)11-18-22-16-6-4-5-7-17(16)29-18/h4-10,13H,11H2,1-3H3,(H2,21,26,27). The van der Waals surface area contributed by atoms with Crippen LogP contribution >= 0.6 is 11.3 Å². The molecule has 0 aliphatic carbocycles. The van der Waals surface area contributed by atoms with E-state index >= 15 is 0 Å². The Bertz CT molecular complexity index is 1190. The predicted octanol–water partition coefficient (Wildman–Crippen LogP) is 2.46. The third-order valence-electron chi connectivity index (χ3n) is 4.48. The summed E-state index contributed by atoms with van der Waals surface area (Å²) in [4.78, 5) is 30.9. The van der Waals surface area contributed by atoms with Gasteiger partial charge < -0.3 is 9.64 Å². The second-order valence-electron chi connectivity index (χ2n) is 6.84. The van der Waals surface area contributed by atoms with E-state index in [0.717, 1.165) is 21.3 Å². The smallest absolute Gasteiger partial charge is 0.339 e. The summed E-state index contributed by atoms with van der Waals surface area (Å²) in [6.07, 6.45) is -1.06. The SMILES string of the molecule is Cc1ccc(S(N)(=O)=O)cc1C(=O)OC(C)C(=O)N(C)Cc1nc2ccccc2s1. The van der Waals surface area contributed by atoms with Gasteiger partial charge in [0.15, 0.2) is 6.10 Å². The Morgan fingerprint density at radius 2 is 1.93 bits per heavy atom. The lowest BCUT2D eigenvalue weighted by molar-refractivity contribution is -0.139. The lowest BCUT2D eigenvalue weighted by Gasteiger charge is -2.21. The molecule has 1 aromatic heterocycles. The van der Waals surface area contributed by atoms with Crippen molar-refractivity contribution in [2.24, 2.45) is 5.14 Å². The fourth-order valence-corrected chi connectivity index (χ4v) is 4.41. The van der Waals surface area contributed by atoms with Gasteiger partial charge in [-0.2, -0.15) is 0 Å². The normalized spacial score (nSPS) is 12.5. The number of nitrogens with zero attached hydrogens (tertiary/aromatic N) is 2. The van der Waals surface area contributed by atoms with Crippen molar-refractivity contribution >= 4 is 43.5 Å². The number of para-hydroxylation sites is 1. The lowest BCUT2D eigenvalue weighted by atomic mass is 10.1. The Kier molecular flexibility index (Phi) is 6.20. The molecule has 1 heterocycles. The highest BCUT2D eigenvalue weighted by Crippen LogP contribution is 2.23. The Balaban J connectivity index is 1.69. The molecule has 158 valence electrons. The van der Waals surface area contributed by atoms with Crippen molar-refractivity contribution in [3.05, 3.63) is 58.6 Å². The van der Waals surface area contributed by atoms with Crippen LogP contribution in [0, 0.1) is 6.92 Å². The quantitative estimate of drug-likeness (QED) is 0.580. The Labute approximate surface area is 178 Å². The van der Waals surface area contributed by atoms with E-state index in [2.05, 4.69) is 4.98 Å². The number of fused-ring (bicyclic) bond motifs is 1. The largest absolute Gasteiger partial charge is 0.449 e. The summed E-state index contributed by atoms with van der Waals surface area (Å²) in [5.74, 6) is -1.20. The predicted molar refractivity (Wildman–Crippen MR) is 114 cm³/mol. The zero-order valence-corrected chi connectivity index (χ0v) is 18.3. The van der Waals surface area contributed by atoms with Gasteiger partial charge in [-0.05, 0) is 43.7 Å². The monoisotopic (exact) mass is 447 g/mol. The zero-order valence-electron chi connectivity index (χ0n) is 16.7. The number of rotatable bonds is 6. The molecule has 2 N–H and O–H groups in total. The van der Waals surface area contributed by atoms with Crippen LogP contribution in [0.5, 0.6) is 0 Å². The van der Waals surface area contributed by atoms with Gasteiger partial charge in [-0.1, -0.05) is 18.2 Å². The van der Waals surface area contributed by atoms with Gasteiger partial charge in [0.05, 0.1) is 27.2 Å². The number of ether oxygens (including phenoxy) is 1. The molecule has 0 saturated heterocycles. The van der Waals surface area contributed by atoms with Crippen molar-refractivity contribution in [3.8, 4) is 0 Å². The maximum absolute atomic E-state index is 12.7. The molecule has 0 bridgehead atoms. The van der Waals surface area contributed by atoms with Crippen molar-refractivity contribution in [2.75, 3.05) is 7.05 Å². The molecule has 0 fully saturated rings. The summed E-state index contributed by atoms with van der Waals surface area (Å²) in [7, 11) is -2.37. The number of nitrogens with two attached hydrogens (primary N) is 1. The van der Waals surface area contributed by atoms with Crippen molar-refractivity contribution in [3.63, 3.8) is 0 Å². The number of likely N-dealkylation sites (N-methyl/N-ethyl adjacent to an activating group) is 1. The number of benzene rings is 2. The average molecular weight is 448 g/mol. The molecule has 0 spiro atoms. The van der Waals surface area contributed by atoms with Crippen molar-refractivity contribution in [1.29, 1.82) is 0 Å². The van der Waals surface area contributed by atoms with E-state index in [4.69, 9.17) is 9.88 Å². The summed E-state index contributed by atoms with van der Waals surface area (Å²) >= 11 is 1.49. The Morgan fingerprint density at radius 1 is 1.23 bits per heavy atom. The van der Waals surface area contributed by atoms with Gasteiger partial charge in [0.1, 0.15) is 5.01 Å². The summed E-state index contributed by atoms with van der Waals surface area (Å²) in [6.45, 7) is 3.38. The molecule has 3 aromatic rings. The number of primary sulfonamides is 1. The van der Waals surface area contributed by atoms with Crippen LogP contribution in [-0.4, -0.2) is 43.3 Å². The molecule has 0 radical (unpaired) electrons. The Morgan fingerprint density at radius 3 is 2.60 bits per heavy atom. The van der Waals surface area contributed by atoms with Gasteiger partial charge in [0.2, 0.25) is 10.0 Å². The van der Waals surface area contributed by atoms with Gasteiger partial charge in [0, 0.05) is 7.05 Å². The number of carbonyl (C=O) groups excluding carboxylic acids is 2. The average Bonchev–Trinajstić information content (AvgIpc) is 3.08. The van der Waals surface area contributed by atoms with Crippen LogP contribution < -0.4 is 5.14 Å². The van der Waals surface area contributed by atoms with Crippen LogP contribution in [0.4, 0.5) is 0 Å². The maximum atomic E-state index is 12.7. The number of aryl methyl sites for hydroxylation is 1. The molecule has 3 rings (SSSR count). The highest BCUT2D eigenvalue weighted by atomic mass is 32.2. The first kappa shape index (κ1) is 21.9. The van der Waals surface area contributed by atoms with E-state index in [0.29, 0.717) is 5.56 Å². The summed E-state index contributed by atoms with van der Waals surface area (Å²) in [5.41, 5.74) is 1.41. The van der Waals surface area contributed by atoms with E-state index in [1.54, 1.807) is 14.0 Å². The second kappa shape index (κ2) is 8.50. The molecule has 0 aliphatic heterocycles. The number of amides is 1. The zero-order chi connectivity index (χ0) is 22.1. The topological polar surface area (TPSA) is 120 Å². The number of aromatic nitrogens is 1. The Hall–Kier alpha value is -2.82. The molecule has 30 heavy (non-hydrogen) atoms. The molecule has 1 atom stereocenters. The van der Waals surface area contributed by atoms with Gasteiger partial charge in [-0.25, -0.2) is 23.3 Å². The molecule has 0 aliphatic rings. The molecule has 2 aromatic carbocycles. The highest BCUT2D eigenvalue weighted by Gasteiger charge is 2.24. The third kappa shape index (κ3) is 4.84. The van der Waals surface area contributed by atoms with E-state index in [-0.39, 0.29) is 17.0 Å². The number of hydrogen-bond donors (Lipinski definition) is 1. The van der Waals surface area contributed by atoms with Crippen molar-refractivity contribution < 1.29 is 22.7 Å². The number of hydrogen-bond acceptors (Lipinski definition) is 7. The van der Waals surface area contributed by atoms with Crippen LogP contribution in [0.25, 0.3) is 10.2 Å². The van der Waals surface area contributed by atoms with E-state index in [1.165, 1.54) is 35.3 Å². The summed E-state index contributed by atoms with van der Waals surface area (Å²) in [5, 5.41) is 5.89. The van der Waals surface area contributed by atoms with E-state index in [1.807, 2.05) is 24.3 Å². The van der Waals surface area contributed by atoms with Crippen LogP contribution in [0.1, 0.15) is 27.9 Å². The van der Waals surface area contributed by atoms with Gasteiger partial charge in [-0.15, -0.1) is 11.3 Å². The minimum absolute atomic E-state index is 0.0370. The van der Waals surface area contributed by atoms with Gasteiger partial charge in [0.25, 0.3) is 5.91 Å². The molecule has 8 nitrogen and oxygen atoms in total. The van der Waals surface area contributed by atoms with E-state index in [9.17, 15) is 18.0 Å². The van der Waals surface area contributed by atoms with Crippen LogP contribution in [0.15, 0.2) is 47.4 Å². The second-order valence-corrected chi connectivity index (χ2v) is 9.52. The molecule has 1 unspecified atom stereocenters. The molecule has 10 heteroatoms. The van der Waals surface area contributed by atoms with Gasteiger partial charge in [-0.3, -0.25) is 4.79 Å². The van der Waals surface area contributed by atoms with Crippen LogP contribution in [0.2, 0.25) is 0 Å². The first-order valence-corrected chi connectivity index (χ1v) is 11.4. The third-order valence-corrected chi connectivity index (χ3v) is 6.41. The molecule has 1 amide bonds. The van der Waals surface area contributed by atoms with Crippen molar-refractivity contribution in [1.82, 2.24) is 9.88 Å². The highest BCUT2D eigenvalue weighted by molar-refractivity contribution is 7.89. The number of sulfonamides is 1. The van der Waals surface area contributed by atoms with Crippen molar-refractivity contribution in [2.45, 2.75) is 31.4 Å². The summed E-state index contributed by atoms with van der Waals surface area (Å²) < 4.78 is 29.4. The fourth-order valence-electron chi connectivity index (χ4n) is 2.85. The minimum Gasteiger partial charge on any atom is -0.449 e. The van der Waals surface area contributed by atoms with E-state index < -0.39 is 28.0 Å². The lowest BCUT2D eigenvalue weighted by Crippen LogP contribution is -2.37. The fraction of sp³-hybridized carbons (Fsp3) is 0.250. The van der Waals surface area contributed by atoms with Crippen LogP contribution in [-0.2, 0) is 26.1 Å². The minimum atomic E-state index is -3.97. The number of carbonyl (C=O) groups is 2. The molecular weight excluding hydrogens is 426 g/mol. The first-order valence-electron chi connectivity index (χ1n) is 9.00.